The maximum atomic E-state index is 2.48. The highest BCUT2D eigenvalue weighted by atomic mass is 14.3. The molecular formula is C88H106. The minimum atomic E-state index is -0.0772. The molecule has 0 aliphatic rings. The van der Waals surface area contributed by atoms with Crippen LogP contribution in [0, 0.1) is 0 Å². The molecule has 0 amide bonds. The summed E-state index contributed by atoms with van der Waals surface area (Å²) < 4.78 is 0. The van der Waals surface area contributed by atoms with Crippen molar-refractivity contribution in [3.63, 3.8) is 0 Å². The molecule has 88 heavy (non-hydrogen) atoms. The van der Waals surface area contributed by atoms with E-state index in [1.54, 1.807) is 0 Å². The number of hydrogen-bond acceptors (Lipinski definition) is 0. The Morgan fingerprint density at radius 3 is 0.466 bits per heavy atom. The molecule has 0 saturated carbocycles. The molecule has 0 heteroatoms. The van der Waals surface area contributed by atoms with E-state index in [1.807, 2.05) is 0 Å². The zero-order valence-electron chi connectivity index (χ0n) is 58.6. The average Bonchev–Trinajstić information content (AvgIpc) is 0.769. The zero-order valence-corrected chi connectivity index (χ0v) is 58.6. The van der Waals surface area contributed by atoms with Crippen LogP contribution in [0.4, 0.5) is 0 Å². The normalized spacial score (nSPS) is 14.2. The molecule has 0 radical (unpaired) electrons. The lowest BCUT2D eigenvalue weighted by molar-refractivity contribution is 0.590. The minimum Gasteiger partial charge on any atom is -0.0579 e. The van der Waals surface area contributed by atoms with E-state index in [0.29, 0.717) is 0 Å². The van der Waals surface area contributed by atoms with Crippen LogP contribution in [0.15, 0.2) is 194 Å². The average molecular weight is 1160 g/mol. The molecular weight excluding hydrogens is 1060 g/mol. The molecule has 458 valence electrons. The molecule has 0 heterocycles. The maximum absolute atomic E-state index is 2.48. The lowest BCUT2D eigenvalue weighted by Gasteiger charge is -2.29. The third-order valence-corrected chi connectivity index (χ3v) is 17.7. The van der Waals surface area contributed by atoms with E-state index >= 15 is 0 Å². The lowest BCUT2D eigenvalue weighted by Crippen LogP contribution is -2.12. The van der Waals surface area contributed by atoms with Gasteiger partial charge in [-0.1, -0.05) is 360 Å². The van der Waals surface area contributed by atoms with E-state index in [2.05, 4.69) is 372 Å². The first-order chi connectivity index (χ1) is 40.7. The highest BCUT2D eigenvalue weighted by Gasteiger charge is 2.30. The highest BCUT2D eigenvalue weighted by Crippen LogP contribution is 2.52. The second-order valence-electron chi connectivity index (χ2n) is 33.3. The zero-order chi connectivity index (χ0) is 64.7. The van der Waals surface area contributed by atoms with E-state index < -0.39 is 0 Å². The Labute approximate surface area is 535 Å². The fraction of sp³-hybridized carbons (Fsp3) is 0.364. The molecule has 0 atom stereocenters. The molecule has 0 nitrogen and oxygen atoms in total. The van der Waals surface area contributed by atoms with Gasteiger partial charge >= 0.3 is 0 Å². The highest BCUT2D eigenvalue weighted by molar-refractivity contribution is 6.35. The molecule has 0 aliphatic carbocycles. The van der Waals surface area contributed by atoms with Gasteiger partial charge in [0.1, 0.15) is 0 Å². The fourth-order valence-electron chi connectivity index (χ4n) is 11.6. The molecule has 0 spiro atoms. The topological polar surface area (TPSA) is 0 Å². The van der Waals surface area contributed by atoms with Crippen LogP contribution in [-0.4, -0.2) is 0 Å². The van der Waals surface area contributed by atoms with E-state index in [9.17, 15) is 0 Å². The summed E-state index contributed by atoms with van der Waals surface area (Å²) in [5.74, 6) is 0. The van der Waals surface area contributed by atoms with Crippen LogP contribution >= 0.6 is 0 Å². The Balaban J connectivity index is 1.74. The van der Waals surface area contributed by atoms with E-state index in [1.165, 1.54) is 44.5 Å². The van der Waals surface area contributed by atoms with Crippen molar-refractivity contribution >= 4 is 45.6 Å². The van der Waals surface area contributed by atoms with Gasteiger partial charge in [-0.25, -0.2) is 0 Å². The third-order valence-electron chi connectivity index (χ3n) is 17.7. The predicted octanol–water partition coefficient (Wildman–Crippen LogP) is 25.1. The van der Waals surface area contributed by atoms with E-state index in [0.717, 1.165) is 77.9 Å². The largest absolute Gasteiger partial charge is 0.0579 e. The summed E-state index contributed by atoms with van der Waals surface area (Å²) in [6, 6.07) is 76.1. The van der Waals surface area contributed by atoms with Crippen molar-refractivity contribution in [1.82, 2.24) is 0 Å². The maximum Gasteiger partial charge on any atom is -0.00141 e. The summed E-state index contributed by atoms with van der Waals surface area (Å²) in [5.41, 5.74) is 26.1. The predicted molar refractivity (Wildman–Crippen MR) is 391 cm³/mol. The van der Waals surface area contributed by atoms with Crippen LogP contribution in [-0.2, 0) is 43.3 Å². The minimum absolute atomic E-state index is 0.00322. The van der Waals surface area contributed by atoms with Gasteiger partial charge in [0.25, 0.3) is 0 Å². The second-order valence-corrected chi connectivity index (χ2v) is 33.3. The second kappa shape index (κ2) is 24.9. The van der Waals surface area contributed by atoms with E-state index in [-0.39, 0.29) is 43.3 Å². The van der Waals surface area contributed by atoms with Gasteiger partial charge in [-0.2, -0.15) is 0 Å². The molecule has 0 aliphatic heterocycles. The van der Waals surface area contributed by atoms with Crippen LogP contribution < -0.4 is 0 Å². The van der Waals surface area contributed by atoms with Gasteiger partial charge in [-0.3, -0.25) is 0 Å². The molecule has 8 aromatic rings. The van der Waals surface area contributed by atoms with Crippen molar-refractivity contribution in [2.24, 2.45) is 0 Å². The molecule has 8 aromatic carbocycles. The summed E-state index contributed by atoms with van der Waals surface area (Å²) in [5, 5.41) is 0. The van der Waals surface area contributed by atoms with Gasteiger partial charge in [0.15, 0.2) is 0 Å². The third kappa shape index (κ3) is 15.9. The SMILES string of the molecule is CC(C)(C)c1ccc(/C=C(/C(=C(\C(=C(\C(=C\c2ccc(C(C)(C)C)cc2)c2ccc(C(C)(C)C)cc2)c2ccc(C(C)(C)C)cc2)c2ccc(C(C)(C)C)cc2)c2ccc(C(C)(C)C)cc2)c2ccc(C(C)(C)C)cc2)c2ccc(C(C)(C)C)cc2)cc1. The fourth-order valence-corrected chi connectivity index (χ4v) is 11.6. The van der Waals surface area contributed by atoms with Gasteiger partial charge in [-0.15, -0.1) is 0 Å². The van der Waals surface area contributed by atoms with Gasteiger partial charge in [-0.05, 0) is 178 Å². The van der Waals surface area contributed by atoms with Crippen molar-refractivity contribution < 1.29 is 0 Å². The summed E-state index contributed by atoms with van der Waals surface area (Å²) in [7, 11) is 0. The number of allylic oxidation sites excluding steroid dienone is 6. The molecule has 0 N–H and O–H groups in total. The quantitative estimate of drug-likeness (QED) is 0.0894. The molecule has 0 saturated heterocycles. The Morgan fingerprint density at radius 1 is 0.170 bits per heavy atom. The first-order valence-corrected chi connectivity index (χ1v) is 32.5. The van der Waals surface area contributed by atoms with Crippen molar-refractivity contribution in [2.75, 3.05) is 0 Å². The first-order valence-electron chi connectivity index (χ1n) is 32.5. The van der Waals surface area contributed by atoms with Gasteiger partial charge in [0.2, 0.25) is 0 Å². The molecule has 0 unspecified atom stereocenters. The first kappa shape index (κ1) is 66.7. The summed E-state index contributed by atoms with van der Waals surface area (Å²) in [6.07, 6.45) is 4.96. The molecule has 0 fully saturated rings. The number of rotatable bonds is 11. The van der Waals surface area contributed by atoms with E-state index in [4.69, 9.17) is 0 Å². The lowest BCUT2D eigenvalue weighted by atomic mass is 9.74. The molecule has 8 rings (SSSR count). The Bertz CT molecular complexity index is 3540. The van der Waals surface area contributed by atoms with Gasteiger partial charge < -0.3 is 0 Å². The number of hydrogen-bond donors (Lipinski definition) is 0. The van der Waals surface area contributed by atoms with Crippen molar-refractivity contribution in [3.05, 3.63) is 283 Å². The van der Waals surface area contributed by atoms with Crippen LogP contribution in [0.2, 0.25) is 0 Å². The Kier molecular flexibility index (Phi) is 18.9. The van der Waals surface area contributed by atoms with Crippen LogP contribution in [0.1, 0.15) is 255 Å². The Hall–Kier alpha value is -7.28. The van der Waals surface area contributed by atoms with Crippen molar-refractivity contribution in [3.8, 4) is 0 Å². The van der Waals surface area contributed by atoms with Crippen molar-refractivity contribution in [1.29, 1.82) is 0 Å². The van der Waals surface area contributed by atoms with Crippen LogP contribution in [0.25, 0.3) is 45.6 Å². The standard InChI is InChI=1S/C88H106/c1-81(2,3)67-41-25-59(26-42-67)57-75(61-29-45-69(46-30-61)83(7,8)9)77(63-33-49-71(50-34-63)85(13,14)15)79(65-37-53-73(54-38-65)87(19,20)21)80(66-39-55-74(56-40-66)88(22,23)24)78(64-35-51-72(52-36-64)86(16,17)18)76(62-31-47-70(48-32-62)84(10,11)12)58-60-27-43-68(44-28-60)82(4,5)6/h25-58H,1-24H3/b75-57+,76-58+,79-77-,80-78+. The smallest absolute Gasteiger partial charge is 0.00141 e. The monoisotopic (exact) mass is 1160 g/mol. The number of benzene rings is 8. The van der Waals surface area contributed by atoms with Crippen LogP contribution in [0.3, 0.4) is 0 Å². The summed E-state index contributed by atoms with van der Waals surface area (Å²) >= 11 is 0. The van der Waals surface area contributed by atoms with Gasteiger partial charge in [0.05, 0.1) is 0 Å². The summed E-state index contributed by atoms with van der Waals surface area (Å²) in [4.78, 5) is 0. The molecule has 0 bridgehead atoms. The van der Waals surface area contributed by atoms with Crippen molar-refractivity contribution in [2.45, 2.75) is 209 Å². The van der Waals surface area contributed by atoms with Gasteiger partial charge in [0, 0.05) is 0 Å². The molecule has 0 aromatic heterocycles. The van der Waals surface area contributed by atoms with Crippen LogP contribution in [0.5, 0.6) is 0 Å². The summed E-state index contributed by atoms with van der Waals surface area (Å²) in [6.45, 7) is 55.6. The Morgan fingerprint density at radius 2 is 0.307 bits per heavy atom.